The molecule has 0 bridgehead atoms. The number of aromatic nitrogens is 3. The van der Waals surface area contributed by atoms with Crippen LogP contribution in [0.3, 0.4) is 0 Å². The molecule has 1 aliphatic rings. The number of amides is 1. The van der Waals surface area contributed by atoms with Crippen LogP contribution in [0.15, 0.2) is 36.0 Å². The molecule has 0 aromatic carbocycles. The summed E-state index contributed by atoms with van der Waals surface area (Å²) in [6, 6.07) is 5.90. The Morgan fingerprint density at radius 1 is 1.28 bits per heavy atom. The smallest absolute Gasteiger partial charge is 0.269 e. The van der Waals surface area contributed by atoms with Crippen LogP contribution < -0.4 is 11.1 Å². The number of nitrogen functional groups attached to an aromatic ring is 1. The third kappa shape index (κ3) is 3.38. The summed E-state index contributed by atoms with van der Waals surface area (Å²) in [6.45, 7) is 2.26. The lowest BCUT2D eigenvalue weighted by Gasteiger charge is -2.20. The highest BCUT2D eigenvalue weighted by atomic mass is 32.1. The van der Waals surface area contributed by atoms with Crippen LogP contribution in [0.5, 0.6) is 0 Å². The Labute approximate surface area is 175 Å². The lowest BCUT2D eigenvalue weighted by molar-refractivity contribution is 0.103. The summed E-state index contributed by atoms with van der Waals surface area (Å²) in [7, 11) is 0. The predicted molar refractivity (Wildman–Crippen MR) is 119 cm³/mol. The molecule has 0 radical (unpaired) electrons. The van der Waals surface area contributed by atoms with E-state index >= 15 is 0 Å². The molecule has 6 nitrogen and oxygen atoms in total. The predicted octanol–water partition coefficient (Wildman–Crippen LogP) is 4.77. The summed E-state index contributed by atoms with van der Waals surface area (Å²) in [4.78, 5) is 27.5. The van der Waals surface area contributed by atoms with Crippen molar-refractivity contribution in [2.24, 2.45) is 5.92 Å². The van der Waals surface area contributed by atoms with Gasteiger partial charge in [-0.2, -0.15) is 0 Å². The van der Waals surface area contributed by atoms with Crippen LogP contribution in [0, 0.1) is 5.92 Å². The highest BCUT2D eigenvalue weighted by Crippen LogP contribution is 2.37. The van der Waals surface area contributed by atoms with E-state index in [1.54, 1.807) is 12.4 Å². The average Bonchev–Trinajstić information content (AvgIpc) is 3.32. The number of rotatable bonds is 3. The highest BCUT2D eigenvalue weighted by Gasteiger charge is 2.22. The number of carbonyl (C=O) groups is 1. The van der Waals surface area contributed by atoms with Crippen molar-refractivity contribution in [3.8, 4) is 11.3 Å². The van der Waals surface area contributed by atoms with Crippen LogP contribution >= 0.6 is 22.7 Å². The molecule has 1 atom stereocenters. The van der Waals surface area contributed by atoms with Gasteiger partial charge in [0, 0.05) is 34.4 Å². The topological polar surface area (TPSA) is 93.8 Å². The summed E-state index contributed by atoms with van der Waals surface area (Å²) in [5.41, 5.74) is 11.0. The first-order valence-electron chi connectivity index (χ1n) is 9.46. The number of thiophene rings is 1. The van der Waals surface area contributed by atoms with Gasteiger partial charge in [-0.15, -0.1) is 22.7 Å². The van der Waals surface area contributed by atoms with Crippen molar-refractivity contribution in [3.63, 3.8) is 0 Å². The molecule has 4 heterocycles. The molecule has 5 rings (SSSR count). The Balaban J connectivity index is 1.43. The second-order valence-electron chi connectivity index (χ2n) is 7.37. The summed E-state index contributed by atoms with van der Waals surface area (Å²) < 4.78 is 0. The van der Waals surface area contributed by atoms with Crippen molar-refractivity contribution in [2.75, 3.05) is 11.1 Å². The summed E-state index contributed by atoms with van der Waals surface area (Å²) in [5, 5.41) is 6.22. The van der Waals surface area contributed by atoms with Crippen molar-refractivity contribution in [2.45, 2.75) is 26.2 Å². The minimum Gasteiger partial charge on any atom is -0.397 e. The van der Waals surface area contributed by atoms with E-state index in [1.165, 1.54) is 28.2 Å². The molecule has 0 aliphatic heterocycles. The zero-order valence-electron chi connectivity index (χ0n) is 15.8. The fourth-order valence-corrected chi connectivity index (χ4v) is 5.39. The van der Waals surface area contributed by atoms with Gasteiger partial charge >= 0.3 is 0 Å². The van der Waals surface area contributed by atoms with Crippen molar-refractivity contribution in [3.05, 3.63) is 52.1 Å². The average molecular weight is 422 g/mol. The largest absolute Gasteiger partial charge is 0.397 e. The van der Waals surface area contributed by atoms with Crippen molar-refractivity contribution >= 4 is 49.6 Å². The number of thiazole rings is 1. The van der Waals surface area contributed by atoms with Crippen LogP contribution in [-0.4, -0.2) is 20.9 Å². The van der Waals surface area contributed by atoms with Gasteiger partial charge in [0.25, 0.3) is 5.91 Å². The second-order valence-corrected chi connectivity index (χ2v) is 9.22. The fraction of sp³-hybridized carbons (Fsp3) is 0.238. The minimum absolute atomic E-state index is 0.243. The zero-order valence-corrected chi connectivity index (χ0v) is 17.4. The molecule has 0 fully saturated rings. The number of fused-ring (bicyclic) bond motifs is 2. The van der Waals surface area contributed by atoms with E-state index in [4.69, 9.17) is 10.7 Å². The fourth-order valence-electron chi connectivity index (χ4n) is 3.68. The molecule has 29 heavy (non-hydrogen) atoms. The van der Waals surface area contributed by atoms with Gasteiger partial charge < -0.3 is 5.73 Å². The molecule has 0 saturated heterocycles. The second kappa shape index (κ2) is 7.20. The van der Waals surface area contributed by atoms with Crippen molar-refractivity contribution < 1.29 is 4.79 Å². The summed E-state index contributed by atoms with van der Waals surface area (Å²) in [5.74, 6) is 0.413. The van der Waals surface area contributed by atoms with E-state index in [0.717, 1.165) is 46.4 Å². The standard InChI is InChI=1S/C21H19N5OS2/c1-11-2-3-15-13(8-11)9-14-17(22)18(29-20(14)24-15)19(27)26-21-25-16(10-28-21)12-4-6-23-7-5-12/h4-7,9-11H,2-3,8,22H2,1H3,(H,25,26,27). The van der Waals surface area contributed by atoms with Crippen LogP contribution in [-0.2, 0) is 12.8 Å². The minimum atomic E-state index is -0.243. The van der Waals surface area contributed by atoms with E-state index in [9.17, 15) is 4.79 Å². The molecule has 1 amide bonds. The molecule has 8 heteroatoms. The first-order chi connectivity index (χ1) is 14.1. The number of carbonyl (C=O) groups excluding carboxylic acids is 1. The van der Waals surface area contributed by atoms with Gasteiger partial charge in [-0.1, -0.05) is 6.92 Å². The molecule has 1 aliphatic carbocycles. The maximum absolute atomic E-state index is 12.9. The van der Waals surface area contributed by atoms with Gasteiger partial charge in [-0.25, -0.2) is 9.97 Å². The van der Waals surface area contributed by atoms with Gasteiger partial charge in [0.05, 0.1) is 11.4 Å². The van der Waals surface area contributed by atoms with Gasteiger partial charge in [0.1, 0.15) is 9.71 Å². The first-order valence-corrected chi connectivity index (χ1v) is 11.2. The monoisotopic (exact) mass is 421 g/mol. The van der Waals surface area contributed by atoms with Gasteiger partial charge in [0.15, 0.2) is 5.13 Å². The third-order valence-electron chi connectivity index (χ3n) is 5.24. The molecule has 4 aromatic heterocycles. The Hall–Kier alpha value is -2.84. The Bertz CT molecular complexity index is 1210. The molecular weight excluding hydrogens is 402 g/mol. The SMILES string of the molecule is CC1CCc2nc3sc(C(=O)Nc4nc(-c5ccncc5)cs4)c(N)c3cc2C1. The number of pyridine rings is 2. The molecule has 146 valence electrons. The van der Waals surface area contributed by atoms with E-state index in [-0.39, 0.29) is 5.91 Å². The maximum atomic E-state index is 12.9. The Kier molecular flexibility index (Phi) is 4.52. The zero-order chi connectivity index (χ0) is 20.0. The van der Waals surface area contributed by atoms with E-state index < -0.39 is 0 Å². The number of nitrogens with zero attached hydrogens (tertiary/aromatic N) is 3. The Morgan fingerprint density at radius 2 is 2.10 bits per heavy atom. The number of hydrogen-bond acceptors (Lipinski definition) is 7. The number of anilines is 2. The molecule has 1 unspecified atom stereocenters. The Morgan fingerprint density at radius 3 is 2.93 bits per heavy atom. The molecule has 0 saturated carbocycles. The number of hydrogen-bond donors (Lipinski definition) is 2. The maximum Gasteiger partial charge on any atom is 0.269 e. The molecule has 0 spiro atoms. The van der Waals surface area contributed by atoms with Crippen molar-refractivity contribution in [1.29, 1.82) is 0 Å². The number of nitrogens with two attached hydrogens (primary N) is 1. The van der Waals surface area contributed by atoms with Gasteiger partial charge in [-0.05, 0) is 48.9 Å². The number of aryl methyl sites for hydroxylation is 1. The highest BCUT2D eigenvalue weighted by molar-refractivity contribution is 7.21. The normalized spacial score (nSPS) is 16.0. The summed E-state index contributed by atoms with van der Waals surface area (Å²) in [6.07, 6.45) is 6.61. The summed E-state index contributed by atoms with van der Waals surface area (Å²) >= 11 is 2.73. The van der Waals surface area contributed by atoms with Crippen LogP contribution in [0.25, 0.3) is 21.5 Å². The lowest BCUT2D eigenvalue weighted by atomic mass is 9.87. The van der Waals surface area contributed by atoms with E-state index in [0.29, 0.717) is 21.6 Å². The number of nitrogens with one attached hydrogen (secondary N) is 1. The quantitative estimate of drug-likeness (QED) is 0.497. The molecule has 4 aromatic rings. The van der Waals surface area contributed by atoms with E-state index in [2.05, 4.69) is 28.3 Å². The van der Waals surface area contributed by atoms with Crippen LogP contribution in [0.1, 0.15) is 34.3 Å². The van der Waals surface area contributed by atoms with Gasteiger partial charge in [-0.3, -0.25) is 15.1 Å². The third-order valence-corrected chi connectivity index (χ3v) is 7.11. The van der Waals surface area contributed by atoms with E-state index in [1.807, 2.05) is 17.5 Å². The molecule has 3 N–H and O–H groups in total. The first kappa shape index (κ1) is 18.2. The van der Waals surface area contributed by atoms with Crippen LogP contribution in [0.4, 0.5) is 10.8 Å². The molecular formula is C21H19N5OS2. The van der Waals surface area contributed by atoms with Crippen molar-refractivity contribution in [1.82, 2.24) is 15.0 Å². The van der Waals surface area contributed by atoms with Crippen LogP contribution in [0.2, 0.25) is 0 Å². The lowest BCUT2D eigenvalue weighted by Crippen LogP contribution is -2.12. The van der Waals surface area contributed by atoms with Gasteiger partial charge in [0.2, 0.25) is 0 Å².